The number of Topliss-reactive ketones (excluding diaryl/α,β-unsaturated/α-hetero) is 1. The summed E-state index contributed by atoms with van der Waals surface area (Å²) in [4.78, 5) is 20.5. The summed E-state index contributed by atoms with van der Waals surface area (Å²) in [5, 5.41) is 10.8. The van der Waals surface area contributed by atoms with Gasteiger partial charge in [-0.3, -0.25) is 9.36 Å². The molecule has 192 valence electrons. The van der Waals surface area contributed by atoms with Gasteiger partial charge < -0.3 is 17.1 Å². The van der Waals surface area contributed by atoms with Crippen molar-refractivity contribution in [1.82, 2.24) is 19.1 Å². The van der Waals surface area contributed by atoms with Crippen molar-refractivity contribution in [3.63, 3.8) is 0 Å². The second-order valence-electron chi connectivity index (χ2n) is 10.9. The molecule has 0 aliphatic rings. The van der Waals surface area contributed by atoms with E-state index < -0.39 is 11.0 Å². The van der Waals surface area contributed by atoms with Crippen LogP contribution in [0, 0.1) is 18.3 Å². The van der Waals surface area contributed by atoms with Gasteiger partial charge in [-0.15, -0.1) is 0 Å². The fourth-order valence-corrected chi connectivity index (χ4v) is 3.48. The first-order valence-corrected chi connectivity index (χ1v) is 11.8. The third-order valence-corrected chi connectivity index (χ3v) is 6.22. The molecule has 0 saturated heterocycles. The van der Waals surface area contributed by atoms with Crippen LogP contribution in [-0.2, 0) is 5.60 Å². The van der Waals surface area contributed by atoms with Crippen molar-refractivity contribution in [2.45, 2.75) is 54.1 Å². The zero-order valence-electron chi connectivity index (χ0n) is 23.7. The summed E-state index contributed by atoms with van der Waals surface area (Å²) < 4.78 is 3.76. The topological polar surface area (TPSA) is 72.9 Å². The molecule has 0 radical (unpaired) electrons. The number of hydrogen-bond donors (Lipinski definition) is 1. The van der Waals surface area contributed by atoms with Crippen LogP contribution in [0.15, 0.2) is 85.7 Å². The van der Waals surface area contributed by atoms with E-state index in [0.29, 0.717) is 5.69 Å². The second-order valence-corrected chi connectivity index (χ2v) is 10.9. The van der Waals surface area contributed by atoms with Gasteiger partial charge >= 0.3 is 18.9 Å². The standard InChI is InChI=1S/C15H20N2O.C14H16N2O.CH3.Li/c1-14(2,3)15(4,18)13-10-16-11-17(13)12-8-6-5-7-9-12;1-14(2,3)13(17)12-9-15-10-16(12)11-7-5-4-6-8-11;;/h5-11,18H,1-4H3;4-10H,1-3H3;1H3;/q;;-1;+1. The summed E-state index contributed by atoms with van der Waals surface area (Å²) >= 11 is 0. The summed E-state index contributed by atoms with van der Waals surface area (Å²) in [5.74, 6) is 0.0962. The predicted molar refractivity (Wildman–Crippen MR) is 146 cm³/mol. The molecule has 0 fully saturated rings. The fourth-order valence-electron chi connectivity index (χ4n) is 3.48. The molecule has 4 rings (SSSR count). The number of hydrogen-bond acceptors (Lipinski definition) is 4. The molecule has 0 amide bonds. The maximum absolute atomic E-state index is 12.3. The van der Waals surface area contributed by atoms with Gasteiger partial charge in [0, 0.05) is 16.8 Å². The number of aliphatic hydroxyl groups is 1. The number of nitrogens with zero attached hydrogens (tertiary/aromatic N) is 4. The van der Waals surface area contributed by atoms with Gasteiger partial charge in [0.05, 0.1) is 30.7 Å². The summed E-state index contributed by atoms with van der Waals surface area (Å²) in [6.45, 7) is 13.6. The fraction of sp³-hybridized carbons (Fsp3) is 0.333. The predicted octanol–water partition coefficient (Wildman–Crippen LogP) is 3.68. The Morgan fingerprint density at radius 1 is 0.730 bits per heavy atom. The monoisotopic (exact) mass is 494 g/mol. The molecule has 37 heavy (non-hydrogen) atoms. The van der Waals surface area contributed by atoms with Crippen molar-refractivity contribution >= 4 is 5.78 Å². The van der Waals surface area contributed by atoms with Crippen LogP contribution in [0.1, 0.15) is 64.6 Å². The molecule has 2 heterocycles. The van der Waals surface area contributed by atoms with E-state index in [2.05, 4.69) is 9.97 Å². The second kappa shape index (κ2) is 12.6. The number of ketones is 1. The summed E-state index contributed by atoms with van der Waals surface area (Å²) in [7, 11) is 0. The first kappa shape index (κ1) is 32.1. The van der Waals surface area contributed by atoms with E-state index in [-0.39, 0.29) is 37.5 Å². The number of aromatic nitrogens is 4. The summed E-state index contributed by atoms with van der Waals surface area (Å²) in [6, 6.07) is 19.7. The molecular weight excluding hydrogens is 455 g/mol. The molecule has 1 unspecified atom stereocenters. The van der Waals surface area contributed by atoms with Gasteiger partial charge in [-0.25, -0.2) is 9.97 Å². The Kier molecular flexibility index (Phi) is 10.9. The van der Waals surface area contributed by atoms with Gasteiger partial charge in [0.15, 0.2) is 5.78 Å². The molecule has 0 aliphatic carbocycles. The van der Waals surface area contributed by atoms with E-state index >= 15 is 0 Å². The van der Waals surface area contributed by atoms with Crippen LogP contribution < -0.4 is 18.9 Å². The van der Waals surface area contributed by atoms with Crippen LogP contribution >= 0.6 is 0 Å². The maximum atomic E-state index is 12.3. The Morgan fingerprint density at radius 3 is 1.62 bits per heavy atom. The smallest absolute Gasteiger partial charge is 0.383 e. The molecule has 4 aromatic rings. The largest absolute Gasteiger partial charge is 1.00 e. The van der Waals surface area contributed by atoms with E-state index in [1.54, 1.807) is 25.0 Å². The molecule has 0 saturated carbocycles. The number of imidazole rings is 2. The minimum absolute atomic E-state index is 0. The third kappa shape index (κ3) is 7.32. The van der Waals surface area contributed by atoms with Crippen LogP contribution in [-0.4, -0.2) is 30.0 Å². The normalized spacial score (nSPS) is 12.8. The Labute approximate surface area is 234 Å². The Balaban J connectivity index is 0.000000351. The van der Waals surface area contributed by atoms with Gasteiger partial charge in [-0.05, 0) is 36.6 Å². The number of rotatable bonds is 4. The number of carbonyl (C=O) groups is 1. The maximum Gasteiger partial charge on any atom is 1.00 e. The zero-order valence-corrected chi connectivity index (χ0v) is 23.7. The number of para-hydroxylation sites is 2. The van der Waals surface area contributed by atoms with Crippen LogP contribution in [0.4, 0.5) is 0 Å². The van der Waals surface area contributed by atoms with Crippen LogP contribution in [0.5, 0.6) is 0 Å². The van der Waals surface area contributed by atoms with Crippen molar-refractivity contribution in [1.29, 1.82) is 0 Å². The first-order valence-electron chi connectivity index (χ1n) is 11.8. The van der Waals surface area contributed by atoms with Gasteiger partial charge in [0.2, 0.25) is 0 Å². The van der Waals surface area contributed by atoms with E-state index in [1.165, 1.54) is 0 Å². The third-order valence-electron chi connectivity index (χ3n) is 6.22. The average molecular weight is 495 g/mol. The molecule has 1 N–H and O–H groups in total. The average Bonchev–Trinajstić information content (AvgIpc) is 3.49. The van der Waals surface area contributed by atoms with Gasteiger partial charge in [-0.1, -0.05) is 77.9 Å². The van der Waals surface area contributed by atoms with E-state index in [0.717, 1.165) is 17.1 Å². The Morgan fingerprint density at radius 2 is 1.16 bits per heavy atom. The molecule has 7 heteroatoms. The number of carbonyl (C=O) groups excluding carboxylic acids is 1. The van der Waals surface area contributed by atoms with Gasteiger partial charge in [0.1, 0.15) is 11.3 Å². The van der Waals surface area contributed by atoms with Crippen molar-refractivity contribution in [2.24, 2.45) is 10.8 Å². The van der Waals surface area contributed by atoms with E-state index in [1.807, 2.05) is 118 Å². The van der Waals surface area contributed by atoms with E-state index in [9.17, 15) is 9.90 Å². The van der Waals surface area contributed by atoms with Crippen LogP contribution in [0.2, 0.25) is 0 Å². The van der Waals surface area contributed by atoms with Crippen molar-refractivity contribution in [3.05, 3.63) is 105 Å². The number of benzene rings is 2. The minimum atomic E-state index is -0.945. The Bertz CT molecular complexity index is 1250. The molecule has 1 atom stereocenters. The van der Waals surface area contributed by atoms with Gasteiger partial charge in [0.25, 0.3) is 0 Å². The van der Waals surface area contributed by atoms with Crippen molar-refractivity contribution in [3.8, 4) is 11.4 Å². The minimum Gasteiger partial charge on any atom is -0.383 e. The van der Waals surface area contributed by atoms with Crippen molar-refractivity contribution < 1.29 is 28.8 Å². The molecule has 0 spiro atoms. The van der Waals surface area contributed by atoms with Gasteiger partial charge in [-0.2, -0.15) is 0 Å². The molecule has 6 nitrogen and oxygen atoms in total. The molecule has 0 bridgehead atoms. The quantitative estimate of drug-likeness (QED) is 0.267. The molecule has 0 aliphatic heterocycles. The summed E-state index contributed by atoms with van der Waals surface area (Å²) in [6.07, 6.45) is 6.78. The molecule has 2 aromatic heterocycles. The zero-order chi connectivity index (χ0) is 25.9. The molecule has 2 aromatic carbocycles. The Hall–Kier alpha value is -2.91. The summed E-state index contributed by atoms with van der Waals surface area (Å²) in [5.41, 5.74) is 1.79. The molecular formula is C30H39LiN4O2. The van der Waals surface area contributed by atoms with Crippen LogP contribution in [0.25, 0.3) is 11.4 Å². The van der Waals surface area contributed by atoms with Crippen LogP contribution in [0.3, 0.4) is 0 Å². The van der Waals surface area contributed by atoms with Crippen molar-refractivity contribution in [2.75, 3.05) is 0 Å². The van der Waals surface area contributed by atoms with E-state index in [4.69, 9.17) is 0 Å². The first-order chi connectivity index (χ1) is 16.3. The SMILES string of the molecule is CC(C)(C)C(=O)c1cncn1-c1ccccc1.CC(C)(C)C(C)(O)c1cncn1-c1ccccc1.[CH3-].[Li+].